The van der Waals surface area contributed by atoms with Crippen LogP contribution in [0.2, 0.25) is 0 Å². The van der Waals surface area contributed by atoms with Gasteiger partial charge in [0.05, 0.1) is 26.8 Å². The van der Waals surface area contributed by atoms with E-state index in [0.29, 0.717) is 13.1 Å². The highest BCUT2D eigenvalue weighted by Gasteiger charge is 2.46. The van der Waals surface area contributed by atoms with E-state index in [2.05, 4.69) is 18.5 Å². The molecule has 4 rings (SSSR count). The topological polar surface area (TPSA) is 114 Å². The van der Waals surface area contributed by atoms with Crippen LogP contribution >= 0.6 is 0 Å². The van der Waals surface area contributed by atoms with Crippen LogP contribution in [-0.2, 0) is 36.9 Å². The van der Waals surface area contributed by atoms with Crippen LogP contribution in [0.4, 0.5) is 9.59 Å². The van der Waals surface area contributed by atoms with Gasteiger partial charge in [0.15, 0.2) is 0 Å². The number of hydrogen-bond donors (Lipinski definition) is 1. The number of nitrogens with zero attached hydrogens (tertiary/aromatic N) is 2. The lowest BCUT2D eigenvalue weighted by molar-refractivity contribution is -0.152. The maximum absolute atomic E-state index is 14.1. The van der Waals surface area contributed by atoms with Gasteiger partial charge in [-0.05, 0) is 53.7 Å². The molecule has 0 radical (unpaired) electrons. The molecule has 2 fully saturated rings. The van der Waals surface area contributed by atoms with Crippen molar-refractivity contribution in [2.45, 2.75) is 96.5 Å². The third-order valence-electron chi connectivity index (χ3n) is 9.06. The molecule has 2 heterocycles. The molecule has 0 aromatic heterocycles. The molecule has 3 aliphatic rings. The maximum atomic E-state index is 14.1. The van der Waals surface area contributed by atoms with E-state index in [1.807, 2.05) is 38.1 Å². The number of benzene rings is 1. The van der Waals surface area contributed by atoms with Gasteiger partial charge in [-0.1, -0.05) is 70.0 Å². The molecule has 0 unspecified atom stereocenters. The fourth-order valence-electron chi connectivity index (χ4n) is 6.49. The van der Waals surface area contributed by atoms with E-state index in [-0.39, 0.29) is 30.9 Å². The number of ether oxygens (including phenoxy) is 3. The van der Waals surface area contributed by atoms with E-state index in [1.165, 1.54) is 12.0 Å². The first-order chi connectivity index (χ1) is 21.1. The third-order valence-corrected chi connectivity index (χ3v) is 9.06. The van der Waals surface area contributed by atoms with Gasteiger partial charge < -0.3 is 24.4 Å². The van der Waals surface area contributed by atoms with Crippen molar-refractivity contribution in [2.75, 3.05) is 20.3 Å². The van der Waals surface area contributed by atoms with Crippen molar-refractivity contribution in [1.29, 1.82) is 0 Å². The molecule has 0 spiro atoms. The summed E-state index contributed by atoms with van der Waals surface area (Å²) >= 11 is 0. The maximum Gasteiger partial charge on any atom is 0.410 e. The van der Waals surface area contributed by atoms with Crippen molar-refractivity contribution in [3.8, 4) is 0 Å². The number of rotatable bonds is 11. The molecule has 1 saturated heterocycles. The van der Waals surface area contributed by atoms with Crippen LogP contribution in [0.15, 0.2) is 37.4 Å². The van der Waals surface area contributed by atoms with E-state index in [1.54, 1.807) is 11.0 Å². The first-order valence-corrected chi connectivity index (χ1v) is 15.7. The summed E-state index contributed by atoms with van der Waals surface area (Å²) in [5, 5.41) is 2.84. The summed E-state index contributed by atoms with van der Waals surface area (Å²) in [6.45, 7) is 12.7. The Bertz CT molecular complexity index is 1240. The minimum Gasteiger partial charge on any atom is -0.467 e. The van der Waals surface area contributed by atoms with Gasteiger partial charge in [0.2, 0.25) is 5.91 Å². The fraction of sp³-hybridized carbons (Fsp3) is 0.588. The van der Waals surface area contributed by atoms with E-state index in [4.69, 9.17) is 14.2 Å². The number of esters is 1. The molecule has 1 saturated carbocycles. The number of allylic oxidation sites excluding steroid dienone is 1. The summed E-state index contributed by atoms with van der Waals surface area (Å²) < 4.78 is 16.5. The van der Waals surface area contributed by atoms with Crippen molar-refractivity contribution in [3.63, 3.8) is 0 Å². The second kappa shape index (κ2) is 14.8. The van der Waals surface area contributed by atoms with Crippen LogP contribution in [0.25, 0.3) is 6.08 Å². The summed E-state index contributed by atoms with van der Waals surface area (Å²) in [5.74, 6) is -1.08. The predicted octanol–water partition coefficient (Wildman–Crippen LogP) is 5.59. The van der Waals surface area contributed by atoms with Crippen LogP contribution in [-0.4, -0.2) is 72.3 Å². The molecular weight excluding hydrogens is 562 g/mol. The molecule has 3 amide bonds. The van der Waals surface area contributed by atoms with Gasteiger partial charge in [-0.15, -0.1) is 6.58 Å². The predicted molar refractivity (Wildman–Crippen MR) is 166 cm³/mol. The van der Waals surface area contributed by atoms with Gasteiger partial charge in [-0.25, -0.2) is 14.4 Å². The summed E-state index contributed by atoms with van der Waals surface area (Å²) in [6, 6.07) is 4.06. The van der Waals surface area contributed by atoms with Gasteiger partial charge in [0.25, 0.3) is 0 Å². The van der Waals surface area contributed by atoms with E-state index in [0.717, 1.165) is 61.6 Å². The van der Waals surface area contributed by atoms with Gasteiger partial charge in [-0.2, -0.15) is 0 Å². The van der Waals surface area contributed by atoms with Crippen LogP contribution in [0.1, 0.15) is 81.9 Å². The molecule has 2 aliphatic heterocycles. The average molecular weight is 610 g/mol. The second-order valence-electron chi connectivity index (χ2n) is 12.9. The van der Waals surface area contributed by atoms with Crippen molar-refractivity contribution in [2.24, 2.45) is 11.3 Å². The van der Waals surface area contributed by atoms with E-state index >= 15 is 0 Å². The summed E-state index contributed by atoms with van der Waals surface area (Å²) in [5.41, 5.74) is 2.79. The minimum atomic E-state index is -0.935. The number of hydrogen-bond acceptors (Lipinski definition) is 7. The lowest BCUT2D eigenvalue weighted by atomic mass is 9.83. The monoisotopic (exact) mass is 609 g/mol. The quantitative estimate of drug-likeness (QED) is 0.198. The molecular formula is C34H47N3O7. The third kappa shape index (κ3) is 8.01. The number of methoxy groups -OCH3 is 1. The summed E-state index contributed by atoms with van der Waals surface area (Å²) in [4.78, 5) is 56.2. The highest BCUT2D eigenvalue weighted by Crippen LogP contribution is 2.32. The molecule has 3 atom stereocenters. The van der Waals surface area contributed by atoms with Crippen molar-refractivity contribution in [3.05, 3.63) is 54.1 Å². The highest BCUT2D eigenvalue weighted by atomic mass is 16.6. The van der Waals surface area contributed by atoms with Gasteiger partial charge in [0, 0.05) is 13.0 Å². The number of carbonyl (C=O) groups is 4. The average Bonchev–Trinajstić information content (AvgIpc) is 3.66. The number of likely N-dealkylation sites (tertiary alicyclic amines) is 1. The Balaban J connectivity index is 1.45. The number of fused-ring (bicyclic) bond motifs is 1. The molecule has 10 nitrogen and oxygen atoms in total. The number of nitrogens with one attached hydrogen (secondary N) is 1. The lowest BCUT2D eigenvalue weighted by Crippen LogP contribution is -2.55. The standard InChI is InChI=1S/C34H47N3O7/c1-6-8-17-34(3,4)22-43-32(40)35-29(24-13-10-9-11-14-24)30(38)37-20-26(18-28(37)31(39)42-5)44-33(41)36-19-25-16-12-15-23(7-2)27(25)21-36/h6-7,12,15-16,24,26,28-29H,1-2,8-11,13-14,17-22H2,3-5H3,(H,35,40)/t26-,28+,29+/m1/s1. The summed E-state index contributed by atoms with van der Waals surface area (Å²) in [6.07, 6.45) is 7.97. The van der Waals surface area contributed by atoms with Gasteiger partial charge in [0.1, 0.15) is 18.2 Å². The Hall–Kier alpha value is -3.82. The zero-order valence-corrected chi connectivity index (χ0v) is 26.3. The molecule has 1 aromatic carbocycles. The number of amides is 3. The first kappa shape index (κ1) is 33.1. The van der Waals surface area contributed by atoms with Gasteiger partial charge >= 0.3 is 18.2 Å². The smallest absolute Gasteiger partial charge is 0.410 e. The highest BCUT2D eigenvalue weighted by molar-refractivity contribution is 5.90. The Labute approximate surface area is 260 Å². The molecule has 10 heteroatoms. The Morgan fingerprint density at radius 1 is 1.11 bits per heavy atom. The molecule has 240 valence electrons. The fourth-order valence-corrected chi connectivity index (χ4v) is 6.49. The van der Waals surface area contributed by atoms with E-state index in [9.17, 15) is 19.2 Å². The molecule has 44 heavy (non-hydrogen) atoms. The van der Waals surface area contributed by atoms with E-state index < -0.39 is 42.3 Å². The number of alkyl carbamates (subject to hydrolysis) is 1. The molecule has 1 aromatic rings. The van der Waals surface area contributed by atoms with Crippen molar-refractivity contribution < 1.29 is 33.4 Å². The largest absolute Gasteiger partial charge is 0.467 e. The van der Waals surface area contributed by atoms with Crippen LogP contribution in [0.5, 0.6) is 0 Å². The Morgan fingerprint density at radius 2 is 1.86 bits per heavy atom. The Kier molecular flexibility index (Phi) is 11.1. The normalized spacial score (nSPS) is 20.8. The van der Waals surface area contributed by atoms with Crippen molar-refractivity contribution in [1.82, 2.24) is 15.1 Å². The second-order valence-corrected chi connectivity index (χ2v) is 12.9. The SMILES string of the molecule is C=CCCC(C)(C)COC(=O)N[C@H](C(=O)N1C[C@H](OC(=O)N2Cc3cccc(C=C)c3C2)C[C@H]1C(=O)OC)C1CCCCC1. The lowest BCUT2D eigenvalue weighted by Gasteiger charge is -2.34. The zero-order chi connectivity index (χ0) is 31.9. The van der Waals surface area contributed by atoms with Crippen LogP contribution in [0.3, 0.4) is 0 Å². The van der Waals surface area contributed by atoms with Crippen LogP contribution < -0.4 is 5.32 Å². The van der Waals surface area contributed by atoms with Crippen LogP contribution in [0, 0.1) is 11.3 Å². The van der Waals surface area contributed by atoms with Crippen molar-refractivity contribution >= 4 is 30.1 Å². The Morgan fingerprint density at radius 3 is 2.55 bits per heavy atom. The first-order valence-electron chi connectivity index (χ1n) is 15.7. The van der Waals surface area contributed by atoms with Gasteiger partial charge in [-0.3, -0.25) is 9.69 Å². The zero-order valence-electron chi connectivity index (χ0n) is 26.3. The minimum absolute atomic E-state index is 0.0254. The number of carbonyl (C=O) groups excluding carboxylic acids is 4. The summed E-state index contributed by atoms with van der Waals surface area (Å²) in [7, 11) is 1.27. The molecule has 0 bridgehead atoms. The molecule has 1 aliphatic carbocycles. The molecule has 1 N–H and O–H groups in total.